The molecule has 0 saturated carbocycles. The number of carbonyl (C=O) groups is 2. The fourth-order valence-corrected chi connectivity index (χ4v) is 2.36. The van der Waals surface area contributed by atoms with E-state index in [4.69, 9.17) is 9.47 Å². The van der Waals surface area contributed by atoms with Crippen LogP contribution in [0.5, 0.6) is 11.5 Å². The van der Waals surface area contributed by atoms with Crippen LogP contribution in [0.4, 0.5) is 0 Å². The zero-order chi connectivity index (χ0) is 17.3. The Hall–Kier alpha value is -2.56. The molecule has 0 bridgehead atoms. The van der Waals surface area contributed by atoms with Crippen molar-refractivity contribution in [3.05, 3.63) is 47.1 Å². The number of rotatable bonds is 4. The molecule has 5 nitrogen and oxygen atoms in total. The molecule has 0 unspecified atom stereocenters. The Bertz CT molecular complexity index is 714. The molecule has 5 heteroatoms. The minimum Gasteiger partial charge on any atom is -0.507 e. The molecule has 1 aromatic carbocycles. The molecule has 23 heavy (non-hydrogen) atoms. The number of benzene rings is 1. The molecule has 2 atom stereocenters. The van der Waals surface area contributed by atoms with Gasteiger partial charge in [0.1, 0.15) is 11.5 Å². The van der Waals surface area contributed by atoms with Crippen molar-refractivity contribution in [2.24, 2.45) is 0 Å². The van der Waals surface area contributed by atoms with Gasteiger partial charge in [-0.25, -0.2) is 4.79 Å². The van der Waals surface area contributed by atoms with E-state index < -0.39 is 18.2 Å². The second-order valence-corrected chi connectivity index (χ2v) is 5.65. The van der Waals surface area contributed by atoms with E-state index in [1.807, 2.05) is 0 Å². The molecule has 122 valence electrons. The number of ether oxygens (including phenoxy) is 2. The third kappa shape index (κ3) is 3.13. The van der Waals surface area contributed by atoms with Gasteiger partial charge in [0.25, 0.3) is 0 Å². The average Bonchev–Trinajstić information content (AvgIpc) is 2.83. The van der Waals surface area contributed by atoms with Crippen molar-refractivity contribution >= 4 is 11.8 Å². The predicted octanol–water partition coefficient (Wildman–Crippen LogP) is 3.48. The van der Waals surface area contributed by atoms with Crippen LogP contribution in [0.1, 0.15) is 49.7 Å². The molecule has 0 amide bonds. The minimum absolute atomic E-state index is 0.159. The lowest BCUT2D eigenvalue weighted by Crippen LogP contribution is -2.24. The van der Waals surface area contributed by atoms with Crippen LogP contribution in [0, 0.1) is 0 Å². The monoisotopic (exact) mass is 316 g/mol. The smallest absolute Gasteiger partial charge is 0.334 e. The Morgan fingerprint density at radius 1 is 1.30 bits per heavy atom. The van der Waals surface area contributed by atoms with Crippen molar-refractivity contribution in [1.29, 1.82) is 0 Å². The van der Waals surface area contributed by atoms with Crippen LogP contribution >= 0.6 is 0 Å². The summed E-state index contributed by atoms with van der Waals surface area (Å²) in [5, 5.41) is 9.92. The number of phenolic OH excluding ortho intramolecular Hbond substituents is 1. The number of fused-ring (bicyclic) bond motifs is 1. The highest BCUT2D eigenvalue weighted by Gasteiger charge is 2.39. The van der Waals surface area contributed by atoms with Gasteiger partial charge in [-0.05, 0) is 39.3 Å². The zero-order valence-corrected chi connectivity index (χ0v) is 13.7. The van der Waals surface area contributed by atoms with Crippen LogP contribution in [0.2, 0.25) is 0 Å². The van der Waals surface area contributed by atoms with Crippen LogP contribution in [-0.2, 0) is 9.53 Å². The summed E-state index contributed by atoms with van der Waals surface area (Å²) in [6.45, 7) is 10.4. The number of allylic oxidation sites excluding steroid dienone is 1. The summed E-state index contributed by atoms with van der Waals surface area (Å²) < 4.78 is 11.3. The van der Waals surface area contributed by atoms with Crippen molar-refractivity contribution in [3.63, 3.8) is 0 Å². The molecule has 1 aromatic rings. The first-order valence-electron chi connectivity index (χ1n) is 7.30. The largest absolute Gasteiger partial charge is 0.507 e. The Morgan fingerprint density at radius 3 is 2.48 bits per heavy atom. The van der Waals surface area contributed by atoms with Crippen LogP contribution in [0.3, 0.4) is 0 Å². The van der Waals surface area contributed by atoms with Crippen LogP contribution < -0.4 is 4.74 Å². The second kappa shape index (κ2) is 6.28. The van der Waals surface area contributed by atoms with Gasteiger partial charge in [0, 0.05) is 17.2 Å². The molecule has 2 rings (SSSR count). The standard InChI is InChI=1S/C18H20O5/c1-6-10(4)18(21)23-17-13-7-12(11(5)19)14(20)8-15(13)22-16(17)9(2)3/h6-8,16-17,20H,2H2,1,3-5H3/b10-6-/t16-,17-/m1/s1. The van der Waals surface area contributed by atoms with Gasteiger partial charge in [-0.15, -0.1) is 0 Å². The molecule has 0 aromatic heterocycles. The minimum atomic E-state index is -0.705. The van der Waals surface area contributed by atoms with Gasteiger partial charge in [0.15, 0.2) is 18.0 Å². The van der Waals surface area contributed by atoms with Crippen molar-refractivity contribution < 1.29 is 24.2 Å². The van der Waals surface area contributed by atoms with E-state index in [2.05, 4.69) is 6.58 Å². The quantitative estimate of drug-likeness (QED) is 0.398. The predicted molar refractivity (Wildman–Crippen MR) is 85.6 cm³/mol. The van der Waals surface area contributed by atoms with Crippen molar-refractivity contribution in [2.45, 2.75) is 39.9 Å². The number of hydrogen-bond acceptors (Lipinski definition) is 5. The third-order valence-corrected chi connectivity index (χ3v) is 3.82. The van der Waals surface area contributed by atoms with Crippen molar-refractivity contribution in [3.8, 4) is 11.5 Å². The third-order valence-electron chi connectivity index (χ3n) is 3.82. The highest BCUT2D eigenvalue weighted by atomic mass is 16.6. The van der Waals surface area contributed by atoms with Gasteiger partial charge in [-0.2, -0.15) is 0 Å². The lowest BCUT2D eigenvalue weighted by Gasteiger charge is -2.20. The summed E-state index contributed by atoms with van der Waals surface area (Å²) in [6.07, 6.45) is 0.399. The van der Waals surface area contributed by atoms with E-state index in [1.165, 1.54) is 19.1 Å². The average molecular weight is 316 g/mol. The highest BCUT2D eigenvalue weighted by molar-refractivity contribution is 5.97. The molecule has 1 N–H and O–H groups in total. The number of phenols is 1. The lowest BCUT2D eigenvalue weighted by atomic mass is 9.98. The normalized spacial score (nSPS) is 19.7. The van der Waals surface area contributed by atoms with E-state index in [1.54, 1.807) is 26.8 Å². The maximum Gasteiger partial charge on any atom is 0.334 e. The Balaban J connectivity index is 2.47. The second-order valence-electron chi connectivity index (χ2n) is 5.65. The maximum absolute atomic E-state index is 12.1. The van der Waals surface area contributed by atoms with Gasteiger partial charge >= 0.3 is 5.97 Å². The maximum atomic E-state index is 12.1. The summed E-state index contributed by atoms with van der Waals surface area (Å²) in [6, 6.07) is 2.89. The van der Waals surface area contributed by atoms with Crippen LogP contribution in [-0.4, -0.2) is 23.0 Å². The SMILES string of the molecule is C=C(C)[C@H]1Oc2cc(O)c(C(C)=O)cc2[C@H]1OC(=O)/C(C)=C\C. The summed E-state index contributed by atoms with van der Waals surface area (Å²) in [5.41, 5.74) is 1.88. The first kappa shape index (κ1) is 16.8. The number of ketones is 1. The number of hydrogen-bond donors (Lipinski definition) is 1. The van der Waals surface area contributed by atoms with Crippen LogP contribution in [0.25, 0.3) is 0 Å². The zero-order valence-electron chi connectivity index (χ0n) is 13.7. The van der Waals surface area contributed by atoms with E-state index in [0.29, 0.717) is 22.5 Å². The Kier molecular flexibility index (Phi) is 4.59. The van der Waals surface area contributed by atoms with Gasteiger partial charge in [0.2, 0.25) is 0 Å². The van der Waals surface area contributed by atoms with Gasteiger partial charge in [0.05, 0.1) is 5.56 Å². The number of aromatic hydroxyl groups is 1. The molecule has 1 aliphatic heterocycles. The molecule has 0 fully saturated rings. The summed E-state index contributed by atoms with van der Waals surface area (Å²) in [5.74, 6) is -0.513. The van der Waals surface area contributed by atoms with Gasteiger partial charge < -0.3 is 14.6 Å². The number of carbonyl (C=O) groups excluding carboxylic acids is 2. The fourth-order valence-electron chi connectivity index (χ4n) is 2.36. The first-order chi connectivity index (χ1) is 10.8. The number of Topliss-reactive ketones (excluding diaryl/α,β-unsaturated/α-hetero) is 1. The van der Waals surface area contributed by atoms with E-state index in [-0.39, 0.29) is 17.1 Å². The molecule has 0 spiro atoms. The molecule has 1 aliphatic rings. The van der Waals surface area contributed by atoms with Gasteiger partial charge in [-0.3, -0.25) is 4.79 Å². The molecule has 0 radical (unpaired) electrons. The fraction of sp³-hybridized carbons (Fsp3) is 0.333. The Labute approximate surface area is 135 Å². The van der Waals surface area contributed by atoms with E-state index >= 15 is 0 Å². The molecule has 0 aliphatic carbocycles. The van der Waals surface area contributed by atoms with Crippen LogP contribution in [0.15, 0.2) is 35.9 Å². The molecule has 1 heterocycles. The van der Waals surface area contributed by atoms with E-state index in [0.717, 1.165) is 0 Å². The molecule has 0 saturated heterocycles. The number of esters is 1. The van der Waals surface area contributed by atoms with Crippen molar-refractivity contribution in [2.75, 3.05) is 0 Å². The van der Waals surface area contributed by atoms with E-state index in [9.17, 15) is 14.7 Å². The Morgan fingerprint density at radius 2 is 1.96 bits per heavy atom. The topological polar surface area (TPSA) is 72.8 Å². The summed E-state index contributed by atoms with van der Waals surface area (Å²) >= 11 is 0. The molecular formula is C18H20O5. The first-order valence-corrected chi connectivity index (χ1v) is 7.30. The summed E-state index contributed by atoms with van der Waals surface area (Å²) in [4.78, 5) is 23.7. The lowest BCUT2D eigenvalue weighted by molar-refractivity contribution is -0.146. The van der Waals surface area contributed by atoms with Gasteiger partial charge in [-0.1, -0.05) is 12.7 Å². The highest BCUT2D eigenvalue weighted by Crippen LogP contribution is 2.44. The molecular weight excluding hydrogens is 296 g/mol. The summed E-state index contributed by atoms with van der Waals surface area (Å²) in [7, 11) is 0. The van der Waals surface area contributed by atoms with Crippen molar-refractivity contribution in [1.82, 2.24) is 0 Å².